The summed E-state index contributed by atoms with van der Waals surface area (Å²) >= 11 is 0. The Balaban J connectivity index is 3.11. The van der Waals surface area contributed by atoms with E-state index in [4.69, 9.17) is 20.0 Å². The van der Waals surface area contributed by atoms with Crippen molar-refractivity contribution in [2.75, 3.05) is 4.90 Å². The fourth-order valence-corrected chi connectivity index (χ4v) is 2.03. The topological polar surface area (TPSA) is 129 Å². The third-order valence-electron chi connectivity index (χ3n) is 2.97. The van der Waals surface area contributed by atoms with Crippen LogP contribution in [-0.2, 0) is 20.7 Å². The summed E-state index contributed by atoms with van der Waals surface area (Å²) in [6.45, 7) is 10.0. The lowest BCUT2D eigenvalue weighted by Gasteiger charge is -2.28. The quantitative estimate of drug-likeness (QED) is 0.532. The molecule has 0 saturated heterocycles. The van der Waals surface area contributed by atoms with Gasteiger partial charge in [-0.2, -0.15) is 0 Å². The Labute approximate surface area is 164 Å². The molecule has 0 aliphatic carbocycles. The van der Waals surface area contributed by atoms with Crippen LogP contribution in [0, 0.1) is 5.41 Å². The molecule has 0 heterocycles. The molecule has 9 heteroatoms. The van der Waals surface area contributed by atoms with E-state index in [1.807, 2.05) is 0 Å². The number of nitrogens with one attached hydrogen (secondary N) is 2. The molecule has 2 amide bonds. The first-order valence-electron chi connectivity index (χ1n) is 8.60. The number of aliphatic carboxylic acids is 1. The van der Waals surface area contributed by atoms with E-state index in [2.05, 4.69) is 5.32 Å². The van der Waals surface area contributed by atoms with Gasteiger partial charge in [0.1, 0.15) is 11.2 Å². The molecule has 0 bridgehead atoms. The van der Waals surface area contributed by atoms with Gasteiger partial charge in [-0.25, -0.2) is 14.5 Å². The molecule has 1 aromatic carbocycles. The van der Waals surface area contributed by atoms with Gasteiger partial charge in [0, 0.05) is 0 Å². The third kappa shape index (κ3) is 8.07. The van der Waals surface area contributed by atoms with Crippen LogP contribution < -0.4 is 10.2 Å². The Hall–Kier alpha value is -3.10. The molecular formula is C19H27N3O6. The van der Waals surface area contributed by atoms with E-state index in [-0.39, 0.29) is 12.1 Å². The molecule has 154 valence electrons. The number of amides is 2. The second kappa shape index (κ2) is 8.73. The highest BCUT2D eigenvalue weighted by Gasteiger charge is 2.29. The summed E-state index contributed by atoms with van der Waals surface area (Å²) in [5.74, 6) is -1.55. The normalized spacial score (nSPS) is 11.4. The maximum absolute atomic E-state index is 12.6. The van der Waals surface area contributed by atoms with Crippen molar-refractivity contribution >= 4 is 29.8 Å². The first-order valence-corrected chi connectivity index (χ1v) is 8.60. The second-order valence-electron chi connectivity index (χ2n) is 8.03. The van der Waals surface area contributed by atoms with Crippen molar-refractivity contribution in [2.24, 2.45) is 0 Å². The van der Waals surface area contributed by atoms with Crippen molar-refractivity contribution in [3.8, 4) is 0 Å². The number of hydrogen-bond acceptors (Lipinski definition) is 6. The number of anilines is 1. The summed E-state index contributed by atoms with van der Waals surface area (Å²) < 4.78 is 10.4. The highest BCUT2D eigenvalue weighted by Crippen LogP contribution is 2.20. The van der Waals surface area contributed by atoms with Crippen molar-refractivity contribution < 1.29 is 29.0 Å². The van der Waals surface area contributed by atoms with Crippen LogP contribution in [0.5, 0.6) is 0 Å². The monoisotopic (exact) mass is 393 g/mol. The van der Waals surface area contributed by atoms with E-state index in [0.29, 0.717) is 5.56 Å². The summed E-state index contributed by atoms with van der Waals surface area (Å²) in [6, 6.07) is 5.96. The van der Waals surface area contributed by atoms with Gasteiger partial charge in [-0.15, -0.1) is 0 Å². The van der Waals surface area contributed by atoms with Crippen molar-refractivity contribution in [3.63, 3.8) is 0 Å². The number of ether oxygens (including phenoxy) is 2. The standard InChI is InChI=1S/C19H27N3O6/c1-18(2,3)27-16(25)21-15(20)22(17(26)28-19(4,5)6)13-9-7-12(8-10-13)11-14(23)24/h7-10H,11H2,1-6H3,(H,23,24)(H2,20,21,25). The van der Waals surface area contributed by atoms with Crippen LogP contribution in [0.2, 0.25) is 0 Å². The van der Waals surface area contributed by atoms with E-state index in [1.165, 1.54) is 24.3 Å². The van der Waals surface area contributed by atoms with Crippen LogP contribution in [-0.4, -0.2) is 40.4 Å². The number of rotatable bonds is 3. The molecule has 3 N–H and O–H groups in total. The molecule has 1 rings (SSSR count). The molecule has 0 saturated carbocycles. The van der Waals surface area contributed by atoms with E-state index in [9.17, 15) is 14.4 Å². The smallest absolute Gasteiger partial charge is 0.421 e. The van der Waals surface area contributed by atoms with Crippen LogP contribution in [0.3, 0.4) is 0 Å². The summed E-state index contributed by atoms with van der Waals surface area (Å²) in [6.07, 6.45) is -1.95. The number of carboxylic acids is 1. The van der Waals surface area contributed by atoms with Crippen LogP contribution in [0.4, 0.5) is 15.3 Å². The fraction of sp³-hybridized carbons (Fsp3) is 0.474. The highest BCUT2D eigenvalue weighted by atomic mass is 16.6. The molecule has 0 aromatic heterocycles. The maximum atomic E-state index is 12.6. The van der Waals surface area contributed by atoms with Gasteiger partial charge in [0.05, 0.1) is 12.1 Å². The first-order chi connectivity index (χ1) is 12.7. The van der Waals surface area contributed by atoms with E-state index in [0.717, 1.165) is 4.90 Å². The van der Waals surface area contributed by atoms with Crippen molar-refractivity contribution in [1.29, 1.82) is 5.41 Å². The van der Waals surface area contributed by atoms with Gasteiger partial charge in [0.2, 0.25) is 5.96 Å². The number of hydrogen-bond donors (Lipinski definition) is 3. The first kappa shape index (κ1) is 22.9. The fourth-order valence-electron chi connectivity index (χ4n) is 2.03. The summed E-state index contributed by atoms with van der Waals surface area (Å²) in [4.78, 5) is 36.3. The summed E-state index contributed by atoms with van der Waals surface area (Å²) in [7, 11) is 0. The van der Waals surface area contributed by atoms with Crippen molar-refractivity contribution in [1.82, 2.24) is 5.32 Å². The van der Waals surface area contributed by atoms with Gasteiger partial charge in [-0.05, 0) is 59.2 Å². The van der Waals surface area contributed by atoms with Crippen molar-refractivity contribution in [3.05, 3.63) is 29.8 Å². The molecule has 1 aromatic rings. The van der Waals surface area contributed by atoms with Gasteiger partial charge in [-0.1, -0.05) is 12.1 Å². The van der Waals surface area contributed by atoms with Crippen LogP contribution in [0.25, 0.3) is 0 Å². The predicted octanol–water partition coefficient (Wildman–Crippen LogP) is 3.51. The van der Waals surface area contributed by atoms with Crippen LogP contribution in [0.15, 0.2) is 24.3 Å². The number of alkyl carbamates (subject to hydrolysis) is 1. The largest absolute Gasteiger partial charge is 0.481 e. The van der Waals surface area contributed by atoms with E-state index < -0.39 is 35.3 Å². The zero-order valence-electron chi connectivity index (χ0n) is 17.0. The molecule has 0 spiro atoms. The number of carbonyl (C=O) groups is 3. The maximum Gasteiger partial charge on any atom is 0.421 e. The predicted molar refractivity (Wildman–Crippen MR) is 104 cm³/mol. The lowest BCUT2D eigenvalue weighted by atomic mass is 10.1. The number of nitrogens with zero attached hydrogens (tertiary/aromatic N) is 1. The Morgan fingerprint density at radius 2 is 1.50 bits per heavy atom. The van der Waals surface area contributed by atoms with Gasteiger partial charge in [0.15, 0.2) is 0 Å². The lowest BCUT2D eigenvalue weighted by molar-refractivity contribution is -0.136. The molecule has 0 aliphatic heterocycles. The number of carboxylic acid groups (broad SMARTS) is 1. The molecule has 9 nitrogen and oxygen atoms in total. The molecule has 0 atom stereocenters. The van der Waals surface area contributed by atoms with Gasteiger partial charge in [-0.3, -0.25) is 15.5 Å². The van der Waals surface area contributed by atoms with Gasteiger partial charge in [0.25, 0.3) is 0 Å². The van der Waals surface area contributed by atoms with E-state index in [1.54, 1.807) is 41.5 Å². The van der Waals surface area contributed by atoms with Crippen molar-refractivity contribution in [2.45, 2.75) is 59.2 Å². The summed E-state index contributed by atoms with van der Waals surface area (Å²) in [5.41, 5.74) is -0.860. The zero-order chi connectivity index (χ0) is 21.7. The molecule has 0 aliphatic rings. The minimum Gasteiger partial charge on any atom is -0.481 e. The SMILES string of the molecule is CC(C)(C)OC(=O)NC(=N)N(C(=O)OC(C)(C)C)c1ccc(CC(=O)O)cc1. The number of benzene rings is 1. The minimum absolute atomic E-state index is 0.180. The Bertz CT molecular complexity index is 744. The number of guanidine groups is 1. The number of carbonyl (C=O) groups excluding carboxylic acids is 2. The summed E-state index contributed by atoms with van der Waals surface area (Å²) in [5, 5.41) is 19.2. The van der Waals surface area contributed by atoms with Crippen LogP contribution >= 0.6 is 0 Å². The van der Waals surface area contributed by atoms with Crippen LogP contribution in [0.1, 0.15) is 47.1 Å². The second-order valence-corrected chi connectivity index (χ2v) is 8.03. The highest BCUT2D eigenvalue weighted by molar-refractivity contribution is 6.15. The molecule has 0 fully saturated rings. The zero-order valence-corrected chi connectivity index (χ0v) is 17.0. The average Bonchev–Trinajstić information content (AvgIpc) is 2.44. The Morgan fingerprint density at radius 1 is 1.00 bits per heavy atom. The average molecular weight is 393 g/mol. The van der Waals surface area contributed by atoms with E-state index >= 15 is 0 Å². The Morgan fingerprint density at radius 3 is 1.93 bits per heavy atom. The minimum atomic E-state index is -0.990. The molecular weight excluding hydrogens is 366 g/mol. The van der Waals surface area contributed by atoms with Gasteiger partial charge >= 0.3 is 18.2 Å². The third-order valence-corrected chi connectivity index (χ3v) is 2.97. The Kier molecular flexibility index (Phi) is 7.15. The molecule has 0 unspecified atom stereocenters. The van der Waals surface area contributed by atoms with Gasteiger partial charge < -0.3 is 14.6 Å². The molecule has 28 heavy (non-hydrogen) atoms. The molecule has 0 radical (unpaired) electrons. The lowest BCUT2D eigenvalue weighted by Crippen LogP contribution is -2.49.